The summed E-state index contributed by atoms with van der Waals surface area (Å²) in [5.41, 5.74) is 1.23. The van der Waals surface area contributed by atoms with Crippen molar-refractivity contribution in [2.75, 3.05) is 13.7 Å². The Morgan fingerprint density at radius 1 is 0.964 bits per heavy atom. The predicted molar refractivity (Wildman–Crippen MR) is 113 cm³/mol. The van der Waals surface area contributed by atoms with Gasteiger partial charge in [0.25, 0.3) is 5.91 Å². The van der Waals surface area contributed by atoms with Crippen LogP contribution in [0.3, 0.4) is 0 Å². The lowest BCUT2D eigenvalue weighted by atomic mass is 10.1. The molecule has 0 aliphatic carbocycles. The number of ether oxygens (including phenoxy) is 2. The summed E-state index contributed by atoms with van der Waals surface area (Å²) >= 11 is 0. The van der Waals surface area contributed by atoms with Crippen LogP contribution in [-0.2, 0) is 11.2 Å². The van der Waals surface area contributed by atoms with Crippen molar-refractivity contribution in [3.8, 4) is 11.5 Å². The van der Waals surface area contributed by atoms with E-state index in [1.54, 1.807) is 7.11 Å². The molecule has 0 aromatic heterocycles. The van der Waals surface area contributed by atoms with Gasteiger partial charge in [-0.1, -0.05) is 49.4 Å². The lowest BCUT2D eigenvalue weighted by molar-refractivity contribution is -0.128. The topological polar surface area (TPSA) is 47.6 Å². The van der Waals surface area contributed by atoms with Crippen LogP contribution in [0, 0.1) is 0 Å². The van der Waals surface area contributed by atoms with Crippen LogP contribution in [0.5, 0.6) is 11.5 Å². The largest absolute Gasteiger partial charge is 0.497 e. The number of hydrogen-bond acceptors (Lipinski definition) is 3. The molecule has 0 aliphatic heterocycles. The van der Waals surface area contributed by atoms with Crippen molar-refractivity contribution in [2.24, 2.45) is 0 Å². The van der Waals surface area contributed by atoms with E-state index in [4.69, 9.17) is 9.47 Å². The summed E-state index contributed by atoms with van der Waals surface area (Å²) in [5.74, 6) is 1.51. The first-order valence-electron chi connectivity index (χ1n) is 9.75. The molecule has 0 bridgehead atoms. The van der Waals surface area contributed by atoms with Gasteiger partial charge in [0.05, 0.1) is 7.11 Å². The number of nitrogens with one attached hydrogen (secondary N) is 1. The highest BCUT2D eigenvalue weighted by molar-refractivity contribution is 5.84. The molecule has 0 aliphatic rings. The average molecular weight is 377 g/mol. The third-order valence-corrected chi connectivity index (χ3v) is 4.76. The molecule has 0 fully saturated rings. The molecule has 1 atom stereocenters. The fourth-order valence-electron chi connectivity index (χ4n) is 3.14. The van der Waals surface area contributed by atoms with Gasteiger partial charge in [-0.2, -0.15) is 0 Å². The van der Waals surface area contributed by atoms with E-state index >= 15 is 0 Å². The highest BCUT2D eigenvalue weighted by Gasteiger charge is 2.17. The summed E-state index contributed by atoms with van der Waals surface area (Å²) in [5, 5.41) is 5.26. The highest BCUT2D eigenvalue weighted by atomic mass is 16.5. The van der Waals surface area contributed by atoms with Crippen molar-refractivity contribution in [3.63, 3.8) is 0 Å². The number of fused-ring (bicyclic) bond motifs is 1. The predicted octanol–water partition coefficient (Wildman–Crippen LogP) is 4.75. The van der Waals surface area contributed by atoms with E-state index in [1.807, 2.05) is 55.5 Å². The van der Waals surface area contributed by atoms with E-state index in [2.05, 4.69) is 23.5 Å². The smallest absolute Gasteiger partial charge is 0.261 e. The minimum atomic E-state index is -0.484. The van der Waals surface area contributed by atoms with Gasteiger partial charge in [0.15, 0.2) is 6.10 Å². The van der Waals surface area contributed by atoms with Gasteiger partial charge in [-0.3, -0.25) is 4.79 Å². The van der Waals surface area contributed by atoms with Gasteiger partial charge in [-0.25, -0.2) is 0 Å². The summed E-state index contributed by atoms with van der Waals surface area (Å²) in [6, 6.07) is 22.1. The maximum absolute atomic E-state index is 12.5. The van der Waals surface area contributed by atoms with E-state index in [1.165, 1.54) is 5.56 Å². The fraction of sp³-hybridized carbons (Fsp3) is 0.292. The molecular formula is C24H27NO3. The molecule has 0 saturated carbocycles. The Kier molecular flexibility index (Phi) is 6.90. The van der Waals surface area contributed by atoms with Crippen molar-refractivity contribution >= 4 is 16.7 Å². The lowest BCUT2D eigenvalue weighted by Crippen LogP contribution is -2.38. The third-order valence-electron chi connectivity index (χ3n) is 4.76. The third kappa shape index (κ3) is 5.26. The number of benzene rings is 3. The Hall–Kier alpha value is -3.01. The number of amides is 1. The van der Waals surface area contributed by atoms with E-state index in [-0.39, 0.29) is 5.91 Å². The summed E-state index contributed by atoms with van der Waals surface area (Å²) in [6.07, 6.45) is 1.93. The zero-order valence-electron chi connectivity index (χ0n) is 16.5. The molecule has 0 heterocycles. The summed E-state index contributed by atoms with van der Waals surface area (Å²) in [4.78, 5) is 12.5. The van der Waals surface area contributed by atoms with Crippen LogP contribution in [-0.4, -0.2) is 25.7 Å². The minimum absolute atomic E-state index is 0.0645. The molecule has 1 unspecified atom stereocenters. The van der Waals surface area contributed by atoms with E-state index in [9.17, 15) is 4.79 Å². The van der Waals surface area contributed by atoms with Crippen molar-refractivity contribution in [2.45, 2.75) is 32.3 Å². The maximum atomic E-state index is 12.5. The molecular weight excluding hydrogens is 350 g/mol. The number of carbonyl (C=O) groups is 1. The monoisotopic (exact) mass is 377 g/mol. The Labute approximate surface area is 166 Å². The normalized spacial score (nSPS) is 11.8. The maximum Gasteiger partial charge on any atom is 0.261 e. The van der Waals surface area contributed by atoms with Crippen LogP contribution >= 0.6 is 0 Å². The zero-order valence-corrected chi connectivity index (χ0v) is 16.5. The standard InChI is InChI=1S/C24H27NO3/c1-3-23(28-22-15-12-19-8-4-5-9-20(19)17-22)24(26)25-16-6-7-18-10-13-21(27-2)14-11-18/h4-5,8-15,17,23H,3,6-7,16H2,1-2H3,(H,25,26). The van der Waals surface area contributed by atoms with Gasteiger partial charge < -0.3 is 14.8 Å². The van der Waals surface area contributed by atoms with Crippen molar-refractivity contribution < 1.29 is 14.3 Å². The number of aryl methyl sites for hydroxylation is 1. The lowest BCUT2D eigenvalue weighted by Gasteiger charge is -2.17. The van der Waals surface area contributed by atoms with Crippen LogP contribution in [0.25, 0.3) is 10.8 Å². The molecule has 28 heavy (non-hydrogen) atoms. The van der Waals surface area contributed by atoms with Crippen molar-refractivity contribution in [3.05, 3.63) is 72.3 Å². The Balaban J connectivity index is 1.48. The first kappa shape index (κ1) is 19.7. The summed E-state index contributed by atoms with van der Waals surface area (Å²) < 4.78 is 11.1. The quantitative estimate of drug-likeness (QED) is 0.547. The summed E-state index contributed by atoms with van der Waals surface area (Å²) in [7, 11) is 1.66. The molecule has 4 nitrogen and oxygen atoms in total. The Morgan fingerprint density at radius 2 is 1.68 bits per heavy atom. The number of carbonyl (C=O) groups excluding carboxylic acids is 1. The van der Waals surface area contributed by atoms with Crippen molar-refractivity contribution in [1.82, 2.24) is 5.32 Å². The molecule has 3 rings (SSSR count). The fourth-order valence-corrected chi connectivity index (χ4v) is 3.14. The first-order chi connectivity index (χ1) is 13.7. The van der Waals surface area contributed by atoms with E-state index in [0.717, 1.165) is 35.1 Å². The number of methoxy groups -OCH3 is 1. The van der Waals surface area contributed by atoms with Gasteiger partial charge in [-0.05, 0) is 59.9 Å². The molecule has 146 valence electrons. The second-order valence-corrected chi connectivity index (χ2v) is 6.77. The average Bonchev–Trinajstić information content (AvgIpc) is 2.75. The Bertz CT molecular complexity index is 905. The molecule has 0 radical (unpaired) electrons. The van der Waals surface area contributed by atoms with Crippen LogP contribution in [0.4, 0.5) is 0 Å². The minimum Gasteiger partial charge on any atom is -0.497 e. The molecule has 3 aromatic carbocycles. The van der Waals surface area contributed by atoms with Crippen LogP contribution in [0.15, 0.2) is 66.7 Å². The first-order valence-corrected chi connectivity index (χ1v) is 9.75. The van der Waals surface area contributed by atoms with Crippen LogP contribution < -0.4 is 14.8 Å². The van der Waals surface area contributed by atoms with Gasteiger partial charge in [0.1, 0.15) is 11.5 Å². The second-order valence-electron chi connectivity index (χ2n) is 6.77. The van der Waals surface area contributed by atoms with Crippen molar-refractivity contribution in [1.29, 1.82) is 0 Å². The molecule has 1 amide bonds. The highest BCUT2D eigenvalue weighted by Crippen LogP contribution is 2.22. The Morgan fingerprint density at radius 3 is 2.39 bits per heavy atom. The van der Waals surface area contributed by atoms with E-state index < -0.39 is 6.10 Å². The second kappa shape index (κ2) is 9.79. The zero-order chi connectivity index (χ0) is 19.8. The van der Waals surface area contributed by atoms with E-state index in [0.29, 0.717) is 13.0 Å². The molecule has 0 spiro atoms. The van der Waals surface area contributed by atoms with Gasteiger partial charge in [0.2, 0.25) is 0 Å². The molecule has 0 saturated heterocycles. The van der Waals surface area contributed by atoms with Gasteiger partial charge in [-0.15, -0.1) is 0 Å². The number of hydrogen-bond donors (Lipinski definition) is 1. The molecule has 1 N–H and O–H groups in total. The van der Waals surface area contributed by atoms with Crippen LogP contribution in [0.2, 0.25) is 0 Å². The molecule has 4 heteroatoms. The van der Waals surface area contributed by atoms with Gasteiger partial charge >= 0.3 is 0 Å². The van der Waals surface area contributed by atoms with Crippen LogP contribution in [0.1, 0.15) is 25.3 Å². The summed E-state index contributed by atoms with van der Waals surface area (Å²) in [6.45, 7) is 2.59. The SMILES string of the molecule is CCC(Oc1ccc2ccccc2c1)C(=O)NCCCc1ccc(OC)cc1. The molecule has 3 aromatic rings. The van der Waals surface area contributed by atoms with Gasteiger partial charge in [0, 0.05) is 6.54 Å². The number of rotatable bonds is 9.